The van der Waals surface area contributed by atoms with Gasteiger partial charge in [0.05, 0.1) is 5.69 Å². The number of pyridine rings is 1. The summed E-state index contributed by atoms with van der Waals surface area (Å²) in [5.41, 5.74) is 8.43. The van der Waals surface area contributed by atoms with E-state index in [0.29, 0.717) is 12.2 Å². The molecular formula is C14H12FN3. The first-order valence-corrected chi connectivity index (χ1v) is 5.69. The number of halogens is 1. The van der Waals surface area contributed by atoms with Gasteiger partial charge in [0.2, 0.25) is 0 Å². The molecule has 0 radical (unpaired) electrons. The Morgan fingerprint density at radius 3 is 2.78 bits per heavy atom. The van der Waals surface area contributed by atoms with Gasteiger partial charge in [-0.2, -0.15) is 0 Å². The predicted molar refractivity (Wildman–Crippen MR) is 68.8 cm³/mol. The number of hydrogen-bond acceptors (Lipinski definition) is 2. The molecule has 90 valence electrons. The van der Waals surface area contributed by atoms with Crippen molar-refractivity contribution in [3.8, 4) is 0 Å². The molecule has 2 heterocycles. The summed E-state index contributed by atoms with van der Waals surface area (Å²) in [5, 5.41) is 0. The molecule has 0 aliphatic carbocycles. The maximum absolute atomic E-state index is 13.1. The Bertz CT molecular complexity index is 703. The number of nitrogens with two attached hydrogens (primary N) is 1. The van der Waals surface area contributed by atoms with Crippen LogP contribution in [-0.2, 0) is 6.42 Å². The van der Waals surface area contributed by atoms with E-state index in [-0.39, 0.29) is 5.82 Å². The van der Waals surface area contributed by atoms with Crippen LogP contribution in [0.2, 0.25) is 0 Å². The summed E-state index contributed by atoms with van der Waals surface area (Å²) in [6.45, 7) is 0. The van der Waals surface area contributed by atoms with Gasteiger partial charge in [0.15, 0.2) is 0 Å². The molecule has 2 N–H and O–H groups in total. The standard InChI is InChI=1S/C14H12FN3/c15-11-4-1-3-10(7-11)8-12-9-18-13(16)5-2-6-14(18)17-12/h1-7,9H,8,16H2. The minimum atomic E-state index is -0.226. The van der Waals surface area contributed by atoms with Crippen molar-refractivity contribution in [1.29, 1.82) is 0 Å². The number of fused-ring (bicyclic) bond motifs is 1. The van der Waals surface area contributed by atoms with Gasteiger partial charge in [0.25, 0.3) is 0 Å². The number of anilines is 1. The van der Waals surface area contributed by atoms with E-state index >= 15 is 0 Å². The fraction of sp³-hybridized carbons (Fsp3) is 0.0714. The van der Waals surface area contributed by atoms with Crippen LogP contribution in [0.15, 0.2) is 48.7 Å². The lowest BCUT2D eigenvalue weighted by Gasteiger charge is -1.97. The quantitative estimate of drug-likeness (QED) is 0.749. The second-order valence-corrected chi connectivity index (χ2v) is 4.22. The zero-order valence-corrected chi connectivity index (χ0v) is 9.68. The summed E-state index contributed by atoms with van der Waals surface area (Å²) < 4.78 is 14.9. The Labute approximate surface area is 104 Å². The zero-order chi connectivity index (χ0) is 12.5. The van der Waals surface area contributed by atoms with E-state index < -0.39 is 0 Å². The van der Waals surface area contributed by atoms with Gasteiger partial charge in [-0.1, -0.05) is 18.2 Å². The first-order chi connectivity index (χ1) is 8.72. The van der Waals surface area contributed by atoms with Gasteiger partial charge >= 0.3 is 0 Å². The number of benzene rings is 1. The van der Waals surface area contributed by atoms with Crippen molar-refractivity contribution < 1.29 is 4.39 Å². The molecule has 0 atom stereocenters. The Kier molecular flexibility index (Phi) is 2.48. The molecule has 1 aromatic carbocycles. The molecule has 0 unspecified atom stereocenters. The Morgan fingerprint density at radius 2 is 2.00 bits per heavy atom. The van der Waals surface area contributed by atoms with Gasteiger partial charge in [0.1, 0.15) is 17.3 Å². The molecule has 3 rings (SSSR count). The monoisotopic (exact) mass is 241 g/mol. The topological polar surface area (TPSA) is 43.3 Å². The van der Waals surface area contributed by atoms with E-state index in [4.69, 9.17) is 5.73 Å². The lowest BCUT2D eigenvalue weighted by Crippen LogP contribution is -1.93. The first kappa shape index (κ1) is 10.8. The van der Waals surface area contributed by atoms with Gasteiger partial charge in [-0.25, -0.2) is 9.37 Å². The molecule has 18 heavy (non-hydrogen) atoms. The molecule has 3 nitrogen and oxygen atoms in total. The van der Waals surface area contributed by atoms with Gasteiger partial charge < -0.3 is 5.73 Å². The number of nitrogens with zero attached hydrogens (tertiary/aromatic N) is 2. The van der Waals surface area contributed by atoms with Crippen LogP contribution >= 0.6 is 0 Å². The number of nitrogen functional groups attached to an aromatic ring is 1. The number of aromatic nitrogens is 2. The van der Waals surface area contributed by atoms with Gasteiger partial charge in [0, 0.05) is 12.6 Å². The number of hydrogen-bond donors (Lipinski definition) is 1. The fourth-order valence-corrected chi connectivity index (χ4v) is 2.02. The molecule has 2 aromatic heterocycles. The van der Waals surface area contributed by atoms with Crippen LogP contribution in [0.25, 0.3) is 5.65 Å². The summed E-state index contributed by atoms with van der Waals surface area (Å²) in [5.74, 6) is 0.418. The molecule has 4 heteroatoms. The minimum Gasteiger partial charge on any atom is -0.385 e. The molecule has 0 fully saturated rings. The first-order valence-electron chi connectivity index (χ1n) is 5.69. The Morgan fingerprint density at radius 1 is 1.17 bits per heavy atom. The van der Waals surface area contributed by atoms with Crippen LogP contribution in [0, 0.1) is 5.82 Å². The summed E-state index contributed by atoms with van der Waals surface area (Å²) in [6, 6.07) is 12.1. The fourth-order valence-electron chi connectivity index (χ4n) is 2.02. The van der Waals surface area contributed by atoms with Crippen LogP contribution in [0.5, 0.6) is 0 Å². The molecule has 0 spiro atoms. The van der Waals surface area contributed by atoms with E-state index in [0.717, 1.165) is 16.9 Å². The number of imidazole rings is 1. The molecular weight excluding hydrogens is 229 g/mol. The molecule has 0 bridgehead atoms. The molecule has 0 saturated carbocycles. The highest BCUT2D eigenvalue weighted by Gasteiger charge is 2.04. The second-order valence-electron chi connectivity index (χ2n) is 4.22. The molecule has 0 amide bonds. The number of rotatable bonds is 2. The van der Waals surface area contributed by atoms with Crippen molar-refractivity contribution in [3.63, 3.8) is 0 Å². The lowest BCUT2D eigenvalue weighted by atomic mass is 10.1. The maximum Gasteiger partial charge on any atom is 0.138 e. The second kappa shape index (κ2) is 4.14. The van der Waals surface area contributed by atoms with Crippen molar-refractivity contribution in [3.05, 3.63) is 65.7 Å². The highest BCUT2D eigenvalue weighted by molar-refractivity contribution is 5.49. The van der Waals surface area contributed by atoms with Crippen molar-refractivity contribution in [1.82, 2.24) is 9.38 Å². The zero-order valence-electron chi connectivity index (χ0n) is 9.68. The SMILES string of the molecule is Nc1cccc2nc(Cc3cccc(F)c3)cn12. The smallest absolute Gasteiger partial charge is 0.138 e. The van der Waals surface area contributed by atoms with Gasteiger partial charge in [-0.15, -0.1) is 0 Å². The van der Waals surface area contributed by atoms with Crippen molar-refractivity contribution in [2.45, 2.75) is 6.42 Å². The summed E-state index contributed by atoms with van der Waals surface area (Å²) in [4.78, 5) is 4.46. The minimum absolute atomic E-state index is 0.226. The third-order valence-corrected chi connectivity index (χ3v) is 2.85. The summed E-state index contributed by atoms with van der Waals surface area (Å²) in [6.07, 6.45) is 2.48. The lowest BCUT2D eigenvalue weighted by molar-refractivity contribution is 0.626. The molecule has 0 saturated heterocycles. The van der Waals surface area contributed by atoms with E-state index in [9.17, 15) is 4.39 Å². The van der Waals surface area contributed by atoms with Crippen LogP contribution in [0.4, 0.5) is 10.2 Å². The third kappa shape index (κ3) is 1.93. The average molecular weight is 241 g/mol. The maximum atomic E-state index is 13.1. The predicted octanol–water partition coefficient (Wildman–Crippen LogP) is 2.65. The molecule has 3 aromatic rings. The highest BCUT2D eigenvalue weighted by Crippen LogP contribution is 2.14. The molecule has 0 aliphatic heterocycles. The van der Waals surface area contributed by atoms with Crippen molar-refractivity contribution in [2.75, 3.05) is 5.73 Å². The van der Waals surface area contributed by atoms with Crippen molar-refractivity contribution in [2.24, 2.45) is 0 Å². The van der Waals surface area contributed by atoms with Crippen LogP contribution in [-0.4, -0.2) is 9.38 Å². The summed E-state index contributed by atoms with van der Waals surface area (Å²) >= 11 is 0. The van der Waals surface area contributed by atoms with Crippen LogP contribution < -0.4 is 5.73 Å². The van der Waals surface area contributed by atoms with Crippen molar-refractivity contribution >= 4 is 11.5 Å². The van der Waals surface area contributed by atoms with E-state index in [1.807, 2.05) is 34.9 Å². The van der Waals surface area contributed by atoms with Crippen LogP contribution in [0.3, 0.4) is 0 Å². The Balaban J connectivity index is 1.98. The van der Waals surface area contributed by atoms with Crippen LogP contribution in [0.1, 0.15) is 11.3 Å². The van der Waals surface area contributed by atoms with Gasteiger partial charge in [-0.3, -0.25) is 4.40 Å². The third-order valence-electron chi connectivity index (χ3n) is 2.85. The summed E-state index contributed by atoms with van der Waals surface area (Å²) in [7, 11) is 0. The Hall–Kier alpha value is -2.36. The largest absolute Gasteiger partial charge is 0.385 e. The highest BCUT2D eigenvalue weighted by atomic mass is 19.1. The van der Waals surface area contributed by atoms with Gasteiger partial charge in [-0.05, 0) is 29.8 Å². The van der Waals surface area contributed by atoms with E-state index in [1.54, 1.807) is 6.07 Å². The van der Waals surface area contributed by atoms with E-state index in [2.05, 4.69) is 4.98 Å². The molecule has 0 aliphatic rings. The normalized spacial score (nSPS) is 10.9. The average Bonchev–Trinajstić information content (AvgIpc) is 2.73. The van der Waals surface area contributed by atoms with E-state index in [1.165, 1.54) is 12.1 Å².